The Morgan fingerprint density at radius 2 is 2.22 bits per heavy atom. The lowest BCUT2D eigenvalue weighted by Crippen LogP contribution is -2.37. The van der Waals surface area contributed by atoms with Gasteiger partial charge in [0, 0.05) is 26.2 Å². The smallest absolute Gasteiger partial charge is 0.321 e. The predicted octanol–water partition coefficient (Wildman–Crippen LogP) is -0.767. The number of amides is 3. The largest absolute Gasteiger partial charge is 0.341 e. The number of imide groups is 1. The van der Waals surface area contributed by atoms with E-state index < -0.39 is 6.03 Å². The Kier molecular flexibility index (Phi) is 5.78. The topological polar surface area (TPSA) is 101 Å². The molecule has 0 atom stereocenters. The summed E-state index contributed by atoms with van der Waals surface area (Å²) >= 11 is 0. The molecule has 0 aromatic carbocycles. The fourth-order valence-electron chi connectivity index (χ4n) is 1.25. The molecule has 100 valence electrons. The highest BCUT2D eigenvalue weighted by Gasteiger charge is 2.07. The quantitative estimate of drug-likeness (QED) is 0.619. The van der Waals surface area contributed by atoms with Gasteiger partial charge in [-0.05, 0) is 6.54 Å². The van der Waals surface area contributed by atoms with E-state index in [1.807, 2.05) is 6.92 Å². The van der Waals surface area contributed by atoms with E-state index >= 15 is 0 Å². The molecule has 0 fully saturated rings. The van der Waals surface area contributed by atoms with Crippen molar-refractivity contribution in [1.82, 2.24) is 30.9 Å². The van der Waals surface area contributed by atoms with E-state index in [4.69, 9.17) is 0 Å². The molecule has 0 aliphatic heterocycles. The normalized spacial score (nSPS) is 10.1. The molecule has 3 N–H and O–H groups in total. The van der Waals surface area contributed by atoms with Crippen molar-refractivity contribution >= 4 is 11.9 Å². The minimum Gasteiger partial charge on any atom is -0.341 e. The summed E-state index contributed by atoms with van der Waals surface area (Å²) in [6, 6.07) is -0.508. The number of hydrogen-bond acceptors (Lipinski definition) is 5. The molecule has 1 aromatic heterocycles. The van der Waals surface area contributed by atoms with E-state index in [1.165, 1.54) is 7.05 Å². The number of hydrogen-bond donors (Lipinski definition) is 3. The zero-order chi connectivity index (χ0) is 13.4. The number of nitrogens with one attached hydrogen (secondary N) is 3. The van der Waals surface area contributed by atoms with Crippen LogP contribution in [0.15, 0.2) is 6.20 Å². The molecule has 0 saturated heterocycles. The number of carbonyl (C=O) groups is 2. The molecule has 0 saturated carbocycles. The number of carbonyl (C=O) groups excluding carboxylic acids is 2. The molecule has 3 amide bonds. The Balaban J connectivity index is 2.32. The number of aromatic nitrogens is 3. The fraction of sp³-hybridized carbons (Fsp3) is 0.600. The molecule has 1 heterocycles. The van der Waals surface area contributed by atoms with Crippen molar-refractivity contribution in [3.8, 4) is 0 Å². The van der Waals surface area contributed by atoms with Crippen LogP contribution in [0.25, 0.3) is 0 Å². The third kappa shape index (κ3) is 4.91. The molecule has 0 unspecified atom stereocenters. The van der Waals surface area contributed by atoms with Crippen LogP contribution in [0, 0.1) is 0 Å². The molecule has 0 radical (unpaired) electrons. The average molecular weight is 254 g/mol. The lowest BCUT2D eigenvalue weighted by atomic mass is 10.4. The van der Waals surface area contributed by atoms with Crippen molar-refractivity contribution in [3.05, 3.63) is 11.9 Å². The molecule has 0 spiro atoms. The van der Waals surface area contributed by atoms with Crippen LogP contribution in [0.5, 0.6) is 0 Å². The summed E-state index contributed by atoms with van der Waals surface area (Å²) in [6.45, 7) is 3.91. The number of nitrogens with zero attached hydrogens (tertiary/aromatic N) is 3. The van der Waals surface area contributed by atoms with E-state index in [2.05, 4.69) is 26.3 Å². The first-order chi connectivity index (χ1) is 8.65. The summed E-state index contributed by atoms with van der Waals surface area (Å²) in [5.74, 6) is -0.349. The molecule has 0 aliphatic rings. The average Bonchev–Trinajstić information content (AvgIpc) is 2.81. The van der Waals surface area contributed by atoms with Crippen LogP contribution in [-0.2, 0) is 17.9 Å². The van der Waals surface area contributed by atoms with Crippen molar-refractivity contribution in [2.45, 2.75) is 26.4 Å². The monoisotopic (exact) mass is 254 g/mol. The second kappa shape index (κ2) is 7.38. The third-order valence-electron chi connectivity index (χ3n) is 2.19. The van der Waals surface area contributed by atoms with E-state index in [1.54, 1.807) is 10.9 Å². The highest BCUT2D eigenvalue weighted by Crippen LogP contribution is 1.94. The van der Waals surface area contributed by atoms with Gasteiger partial charge in [-0.3, -0.25) is 14.8 Å². The SMILES string of the molecule is CCNCc1cn(CCC(=O)NC(=O)NC)nn1. The standard InChI is InChI=1S/C10H18N6O2/c1-3-12-6-8-7-16(15-14-8)5-4-9(17)13-10(18)11-2/h7,12H,3-6H2,1-2H3,(H2,11,13,17,18). The second-order valence-electron chi connectivity index (χ2n) is 3.63. The van der Waals surface area contributed by atoms with Gasteiger partial charge in [-0.1, -0.05) is 12.1 Å². The lowest BCUT2D eigenvalue weighted by molar-refractivity contribution is -0.120. The second-order valence-corrected chi connectivity index (χ2v) is 3.63. The van der Waals surface area contributed by atoms with Crippen molar-refractivity contribution in [1.29, 1.82) is 0 Å². The van der Waals surface area contributed by atoms with Crippen LogP contribution in [0.3, 0.4) is 0 Å². The maximum absolute atomic E-state index is 11.3. The maximum Gasteiger partial charge on any atom is 0.321 e. The Hall–Kier alpha value is -1.96. The lowest BCUT2D eigenvalue weighted by Gasteiger charge is -2.02. The summed E-state index contributed by atoms with van der Waals surface area (Å²) in [7, 11) is 1.45. The van der Waals surface area contributed by atoms with E-state index in [0.717, 1.165) is 12.2 Å². The van der Waals surface area contributed by atoms with Crippen molar-refractivity contribution in [3.63, 3.8) is 0 Å². The van der Waals surface area contributed by atoms with Crippen LogP contribution in [0.4, 0.5) is 4.79 Å². The molecule has 1 rings (SSSR count). The van der Waals surface area contributed by atoms with Crippen LogP contribution in [0.2, 0.25) is 0 Å². The molecular formula is C10H18N6O2. The molecule has 18 heavy (non-hydrogen) atoms. The minimum atomic E-state index is -0.508. The van der Waals surface area contributed by atoms with Crippen molar-refractivity contribution < 1.29 is 9.59 Å². The van der Waals surface area contributed by atoms with Crippen LogP contribution < -0.4 is 16.0 Å². The van der Waals surface area contributed by atoms with Crippen LogP contribution in [-0.4, -0.2) is 40.5 Å². The highest BCUT2D eigenvalue weighted by atomic mass is 16.2. The van der Waals surface area contributed by atoms with Crippen molar-refractivity contribution in [2.75, 3.05) is 13.6 Å². The molecule has 0 aliphatic carbocycles. The van der Waals surface area contributed by atoms with Crippen LogP contribution in [0.1, 0.15) is 19.0 Å². The van der Waals surface area contributed by atoms with Gasteiger partial charge in [-0.15, -0.1) is 5.10 Å². The van der Waals surface area contributed by atoms with Gasteiger partial charge in [0.05, 0.1) is 12.2 Å². The van der Waals surface area contributed by atoms with Gasteiger partial charge in [-0.2, -0.15) is 0 Å². The Morgan fingerprint density at radius 3 is 2.89 bits per heavy atom. The van der Waals surface area contributed by atoms with E-state index in [9.17, 15) is 9.59 Å². The molecule has 0 bridgehead atoms. The van der Waals surface area contributed by atoms with Crippen molar-refractivity contribution in [2.24, 2.45) is 0 Å². The fourth-order valence-corrected chi connectivity index (χ4v) is 1.25. The van der Waals surface area contributed by atoms with Gasteiger partial charge in [-0.25, -0.2) is 4.79 Å². The van der Waals surface area contributed by atoms with Gasteiger partial charge in [0.1, 0.15) is 0 Å². The van der Waals surface area contributed by atoms with Gasteiger partial charge >= 0.3 is 6.03 Å². The summed E-state index contributed by atoms with van der Waals surface area (Å²) in [5.41, 5.74) is 0.823. The summed E-state index contributed by atoms with van der Waals surface area (Å²) in [6.07, 6.45) is 1.95. The first kappa shape index (κ1) is 14.1. The predicted molar refractivity (Wildman–Crippen MR) is 64.6 cm³/mol. The Bertz CT molecular complexity index is 403. The van der Waals surface area contributed by atoms with E-state index in [-0.39, 0.29) is 12.3 Å². The van der Waals surface area contributed by atoms with Gasteiger partial charge in [0.2, 0.25) is 5.91 Å². The van der Waals surface area contributed by atoms with Gasteiger partial charge < -0.3 is 10.6 Å². The summed E-state index contributed by atoms with van der Waals surface area (Å²) in [4.78, 5) is 22.2. The van der Waals surface area contributed by atoms with E-state index in [0.29, 0.717) is 13.1 Å². The molecular weight excluding hydrogens is 236 g/mol. The number of urea groups is 1. The Morgan fingerprint density at radius 1 is 1.44 bits per heavy atom. The molecule has 8 nitrogen and oxygen atoms in total. The summed E-state index contributed by atoms with van der Waals surface area (Å²) < 4.78 is 1.58. The Labute approximate surface area is 105 Å². The third-order valence-corrected chi connectivity index (χ3v) is 2.19. The zero-order valence-corrected chi connectivity index (χ0v) is 10.6. The van der Waals surface area contributed by atoms with Gasteiger partial charge in [0.25, 0.3) is 0 Å². The molecule has 1 aromatic rings. The number of aryl methyl sites for hydroxylation is 1. The minimum absolute atomic E-state index is 0.178. The van der Waals surface area contributed by atoms with Gasteiger partial charge in [0.15, 0.2) is 0 Å². The van der Waals surface area contributed by atoms with Crippen LogP contribution >= 0.6 is 0 Å². The first-order valence-electron chi connectivity index (χ1n) is 5.77. The molecule has 8 heteroatoms. The number of rotatable bonds is 6. The zero-order valence-electron chi connectivity index (χ0n) is 10.6. The maximum atomic E-state index is 11.3. The summed E-state index contributed by atoms with van der Waals surface area (Å²) in [5, 5.41) is 15.4. The first-order valence-corrected chi connectivity index (χ1v) is 5.77. The highest BCUT2D eigenvalue weighted by molar-refractivity contribution is 5.94.